The van der Waals surface area contributed by atoms with E-state index in [4.69, 9.17) is 5.11 Å². The molecule has 1 fully saturated rings. The first-order valence-corrected chi connectivity index (χ1v) is 6.62. The summed E-state index contributed by atoms with van der Waals surface area (Å²) < 4.78 is 0. The van der Waals surface area contributed by atoms with E-state index in [1.165, 1.54) is 18.5 Å². The maximum absolute atomic E-state index is 10.5. The third kappa shape index (κ3) is 3.72. The van der Waals surface area contributed by atoms with Crippen molar-refractivity contribution in [1.82, 2.24) is 4.98 Å². The molecule has 0 amide bonds. The number of pyridine rings is 1. The smallest absolute Gasteiger partial charge is 0.303 e. The number of hydrogen-bond acceptors (Lipinski definition) is 3. The summed E-state index contributed by atoms with van der Waals surface area (Å²) in [6.07, 6.45) is 8.17. The number of piperidine rings is 1. The average Bonchev–Trinajstić information content (AvgIpc) is 2.40. The van der Waals surface area contributed by atoms with E-state index in [-0.39, 0.29) is 0 Å². The van der Waals surface area contributed by atoms with Crippen LogP contribution in [-0.2, 0) is 4.79 Å². The summed E-state index contributed by atoms with van der Waals surface area (Å²) in [7, 11) is 0. The van der Waals surface area contributed by atoms with E-state index in [9.17, 15) is 4.79 Å². The fourth-order valence-corrected chi connectivity index (χ4v) is 2.58. The summed E-state index contributed by atoms with van der Waals surface area (Å²) >= 11 is 0. The van der Waals surface area contributed by atoms with Crippen LogP contribution in [0.25, 0.3) is 0 Å². The Morgan fingerprint density at radius 3 is 2.61 bits per heavy atom. The number of aliphatic carboxylic acids is 1. The Morgan fingerprint density at radius 1 is 1.33 bits per heavy atom. The average molecular weight is 248 g/mol. The van der Waals surface area contributed by atoms with Crippen molar-refractivity contribution in [3.63, 3.8) is 0 Å². The van der Waals surface area contributed by atoms with Crippen LogP contribution in [0.2, 0.25) is 0 Å². The van der Waals surface area contributed by atoms with Crippen LogP contribution in [0.3, 0.4) is 0 Å². The molecule has 0 spiro atoms. The molecule has 1 aliphatic heterocycles. The maximum atomic E-state index is 10.5. The molecule has 1 N–H and O–H groups in total. The first kappa shape index (κ1) is 12.9. The van der Waals surface area contributed by atoms with E-state index >= 15 is 0 Å². The molecule has 18 heavy (non-hydrogen) atoms. The monoisotopic (exact) mass is 248 g/mol. The highest BCUT2D eigenvalue weighted by molar-refractivity contribution is 5.66. The molecule has 1 aliphatic rings. The van der Waals surface area contributed by atoms with E-state index < -0.39 is 5.97 Å². The molecule has 1 aromatic heterocycles. The molecule has 2 rings (SSSR count). The van der Waals surface area contributed by atoms with Crippen molar-refractivity contribution in [2.24, 2.45) is 5.92 Å². The number of carboxylic acids is 1. The first-order chi connectivity index (χ1) is 8.75. The minimum Gasteiger partial charge on any atom is -0.481 e. The van der Waals surface area contributed by atoms with E-state index in [0.717, 1.165) is 25.9 Å². The zero-order chi connectivity index (χ0) is 12.8. The largest absolute Gasteiger partial charge is 0.481 e. The zero-order valence-electron chi connectivity index (χ0n) is 10.6. The Hall–Kier alpha value is -1.58. The highest BCUT2D eigenvalue weighted by Crippen LogP contribution is 2.25. The molecule has 0 aliphatic carbocycles. The SMILES string of the molecule is O=C(O)CCCC1CCN(c2ccncc2)CC1. The number of hydrogen-bond donors (Lipinski definition) is 1. The summed E-state index contributed by atoms with van der Waals surface area (Å²) in [5.74, 6) is 0.0201. The van der Waals surface area contributed by atoms with Gasteiger partial charge in [-0.05, 0) is 43.7 Å². The second kappa shape index (κ2) is 6.38. The van der Waals surface area contributed by atoms with Gasteiger partial charge in [-0.25, -0.2) is 0 Å². The van der Waals surface area contributed by atoms with E-state index in [1.54, 1.807) is 0 Å². The van der Waals surface area contributed by atoms with Gasteiger partial charge in [0.1, 0.15) is 0 Å². The van der Waals surface area contributed by atoms with Crippen molar-refractivity contribution in [1.29, 1.82) is 0 Å². The predicted molar refractivity (Wildman–Crippen MR) is 70.7 cm³/mol. The molecule has 4 nitrogen and oxygen atoms in total. The third-order valence-electron chi connectivity index (χ3n) is 3.65. The molecule has 1 saturated heterocycles. The highest BCUT2D eigenvalue weighted by Gasteiger charge is 2.19. The van der Waals surface area contributed by atoms with E-state index in [1.807, 2.05) is 24.5 Å². The molecular formula is C14H20N2O2. The van der Waals surface area contributed by atoms with E-state index in [0.29, 0.717) is 12.3 Å². The van der Waals surface area contributed by atoms with Gasteiger partial charge in [-0.3, -0.25) is 9.78 Å². The van der Waals surface area contributed by atoms with Gasteiger partial charge in [0.25, 0.3) is 0 Å². The fourth-order valence-electron chi connectivity index (χ4n) is 2.58. The number of anilines is 1. The summed E-state index contributed by atoms with van der Waals surface area (Å²) in [5, 5.41) is 8.62. The molecule has 0 atom stereocenters. The minimum atomic E-state index is -0.677. The van der Waals surface area contributed by atoms with E-state index in [2.05, 4.69) is 9.88 Å². The van der Waals surface area contributed by atoms with Crippen LogP contribution in [0.4, 0.5) is 5.69 Å². The van der Waals surface area contributed by atoms with Gasteiger partial charge in [0, 0.05) is 37.6 Å². The second-order valence-electron chi connectivity index (χ2n) is 4.92. The summed E-state index contributed by atoms with van der Waals surface area (Å²) in [6, 6.07) is 4.09. The number of nitrogens with zero attached hydrogens (tertiary/aromatic N) is 2. The Bertz CT molecular complexity index is 373. The normalized spacial score (nSPS) is 16.8. The fraction of sp³-hybridized carbons (Fsp3) is 0.571. The van der Waals surface area contributed by atoms with Crippen molar-refractivity contribution < 1.29 is 9.90 Å². The lowest BCUT2D eigenvalue weighted by Crippen LogP contribution is -2.33. The lowest BCUT2D eigenvalue weighted by atomic mass is 9.91. The van der Waals surface area contributed by atoms with Gasteiger partial charge >= 0.3 is 5.97 Å². The highest BCUT2D eigenvalue weighted by atomic mass is 16.4. The summed E-state index contributed by atoms with van der Waals surface area (Å²) in [4.78, 5) is 16.9. The van der Waals surface area contributed by atoms with Gasteiger partial charge in [0.15, 0.2) is 0 Å². The summed E-state index contributed by atoms with van der Waals surface area (Å²) in [6.45, 7) is 2.14. The molecule has 1 aromatic rings. The number of carboxylic acid groups (broad SMARTS) is 1. The standard InChI is InChI=1S/C14H20N2O2/c17-14(18)3-1-2-12-6-10-16(11-7-12)13-4-8-15-9-5-13/h4-5,8-9,12H,1-3,6-7,10-11H2,(H,17,18). The topological polar surface area (TPSA) is 53.4 Å². The van der Waals surface area contributed by atoms with Crippen LogP contribution in [0.1, 0.15) is 32.1 Å². The van der Waals surface area contributed by atoms with Crippen molar-refractivity contribution in [2.45, 2.75) is 32.1 Å². The van der Waals surface area contributed by atoms with Crippen molar-refractivity contribution >= 4 is 11.7 Å². The van der Waals surface area contributed by atoms with Crippen LogP contribution in [-0.4, -0.2) is 29.1 Å². The van der Waals surface area contributed by atoms with Gasteiger partial charge in [0.05, 0.1) is 0 Å². The third-order valence-corrected chi connectivity index (χ3v) is 3.65. The van der Waals surface area contributed by atoms with Gasteiger partial charge < -0.3 is 10.0 Å². The number of aromatic nitrogens is 1. The lowest BCUT2D eigenvalue weighted by Gasteiger charge is -2.33. The Morgan fingerprint density at radius 2 is 2.00 bits per heavy atom. The molecule has 4 heteroatoms. The van der Waals surface area contributed by atoms with Gasteiger partial charge in [-0.1, -0.05) is 0 Å². The van der Waals surface area contributed by atoms with Crippen LogP contribution in [0.5, 0.6) is 0 Å². The van der Waals surface area contributed by atoms with Gasteiger partial charge in [0.2, 0.25) is 0 Å². The predicted octanol–water partition coefficient (Wildman–Crippen LogP) is 2.55. The number of rotatable bonds is 5. The van der Waals surface area contributed by atoms with Gasteiger partial charge in [-0.15, -0.1) is 0 Å². The quantitative estimate of drug-likeness (QED) is 0.870. The van der Waals surface area contributed by atoms with Gasteiger partial charge in [-0.2, -0.15) is 0 Å². The molecule has 2 heterocycles. The Kier molecular flexibility index (Phi) is 4.56. The molecule has 0 bridgehead atoms. The van der Waals surface area contributed by atoms with Crippen molar-refractivity contribution in [3.8, 4) is 0 Å². The molecule has 0 unspecified atom stereocenters. The molecule has 0 aromatic carbocycles. The van der Waals surface area contributed by atoms with Crippen molar-refractivity contribution in [2.75, 3.05) is 18.0 Å². The Balaban J connectivity index is 1.73. The maximum Gasteiger partial charge on any atom is 0.303 e. The lowest BCUT2D eigenvalue weighted by molar-refractivity contribution is -0.137. The molecule has 0 radical (unpaired) electrons. The molecule has 98 valence electrons. The Labute approximate surface area is 108 Å². The molecular weight excluding hydrogens is 228 g/mol. The van der Waals surface area contributed by atoms with Crippen LogP contribution in [0, 0.1) is 5.92 Å². The zero-order valence-corrected chi connectivity index (χ0v) is 10.6. The van der Waals surface area contributed by atoms with Crippen molar-refractivity contribution in [3.05, 3.63) is 24.5 Å². The van der Waals surface area contributed by atoms with Crippen LogP contribution in [0.15, 0.2) is 24.5 Å². The minimum absolute atomic E-state index is 0.310. The second-order valence-corrected chi connectivity index (χ2v) is 4.92. The summed E-state index contributed by atoms with van der Waals surface area (Å²) in [5.41, 5.74) is 1.24. The van der Waals surface area contributed by atoms with Crippen LogP contribution >= 0.6 is 0 Å². The number of carbonyl (C=O) groups is 1. The first-order valence-electron chi connectivity index (χ1n) is 6.62. The van der Waals surface area contributed by atoms with Crippen LogP contribution < -0.4 is 4.90 Å². The molecule has 0 saturated carbocycles.